The Kier molecular flexibility index (Phi) is 38.0. The first-order chi connectivity index (χ1) is 72.6. The summed E-state index contributed by atoms with van der Waals surface area (Å²) in [5.41, 5.74) is 16.8. The Bertz CT molecular complexity index is 6570. The van der Waals surface area contributed by atoms with E-state index in [9.17, 15) is 65.5 Å². The van der Waals surface area contributed by atoms with E-state index in [1.54, 1.807) is 75.5 Å². The van der Waals surface area contributed by atoms with E-state index in [1.807, 2.05) is 22.8 Å². The minimum atomic E-state index is -4.59. The molecule has 10 heterocycles. The highest BCUT2D eigenvalue weighted by Crippen LogP contribution is 2.61. The van der Waals surface area contributed by atoms with E-state index in [4.69, 9.17) is 44.8 Å². The number of hydrazone groups is 5. The van der Waals surface area contributed by atoms with Gasteiger partial charge in [0.1, 0.15) is 17.2 Å². The molecule has 40 nitrogen and oxygen atoms in total. The van der Waals surface area contributed by atoms with Crippen molar-refractivity contribution in [1.29, 1.82) is 0 Å². The molecule has 4 saturated carbocycles. The summed E-state index contributed by atoms with van der Waals surface area (Å²) in [7, 11) is 1.47. The smallest absolute Gasteiger partial charge is 0.416 e. The number of methoxy groups -OCH3 is 1. The average molecular weight is 2170 g/mol. The third kappa shape index (κ3) is 28.7. The molecule has 11 N–H and O–H groups in total. The molecule has 20 rings (SSSR count). The number of ether oxygens (including phenoxy) is 7. The number of benzene rings is 6. The normalized spacial score (nSPS) is 18.0. The van der Waals surface area contributed by atoms with E-state index < -0.39 is 52.5 Å². The van der Waals surface area contributed by atoms with Gasteiger partial charge >= 0.3 is 6.18 Å². The highest BCUT2D eigenvalue weighted by Gasteiger charge is 2.52. The van der Waals surface area contributed by atoms with Crippen molar-refractivity contribution in [2.75, 3.05) is 220 Å². The molecule has 4 bridgehead atoms. The molecule has 50 heteroatoms. The molecule has 4 aliphatic carbocycles. The lowest BCUT2D eigenvalue weighted by molar-refractivity contribution is -0.137. The van der Waals surface area contributed by atoms with Crippen molar-refractivity contribution in [1.82, 2.24) is 49.8 Å². The average Bonchev–Trinajstić information content (AvgIpc) is 0.730. The summed E-state index contributed by atoms with van der Waals surface area (Å²) < 4.78 is 146. The van der Waals surface area contributed by atoms with Crippen LogP contribution in [0.2, 0.25) is 5.02 Å². The molecule has 9 aliphatic rings. The van der Waals surface area contributed by atoms with Crippen LogP contribution >= 0.6 is 27.5 Å². The molecule has 9 fully saturated rings. The molecule has 0 spiro atoms. The third-order valence-corrected chi connectivity index (χ3v) is 26.3. The Labute approximate surface area is 870 Å². The van der Waals surface area contributed by atoms with Gasteiger partial charge < -0.3 is 93.4 Å². The zero-order valence-corrected chi connectivity index (χ0v) is 84.3. The predicted molar refractivity (Wildman–Crippen MR) is 555 cm³/mol. The fourth-order valence-corrected chi connectivity index (χ4v) is 19.4. The van der Waals surface area contributed by atoms with Gasteiger partial charge in [-0.2, -0.15) is 63.6 Å². The van der Waals surface area contributed by atoms with Gasteiger partial charge in [0.15, 0.2) is 81.2 Å². The van der Waals surface area contributed by atoms with Crippen LogP contribution in [0.5, 0.6) is 40.2 Å². The Morgan fingerprint density at radius 3 is 1.20 bits per heavy atom. The number of nitrogens with zero attached hydrogens (tertiary/aromatic N) is 21. The van der Waals surface area contributed by atoms with Crippen molar-refractivity contribution in [2.45, 2.75) is 70.9 Å². The molecule has 0 atom stereocenters. The van der Waals surface area contributed by atoms with E-state index in [-0.39, 0.29) is 114 Å². The van der Waals surface area contributed by atoms with Crippen LogP contribution in [0.3, 0.4) is 0 Å². The molecule has 0 unspecified atom stereocenters. The van der Waals surface area contributed by atoms with E-state index in [2.05, 4.69) is 155 Å². The number of aromatic hydroxyl groups is 5. The lowest BCUT2D eigenvalue weighted by Crippen LogP contribution is -2.48. The van der Waals surface area contributed by atoms with Crippen molar-refractivity contribution >= 4 is 135 Å². The summed E-state index contributed by atoms with van der Waals surface area (Å²) in [6.07, 6.45) is 16.0. The first kappa shape index (κ1) is 109. The van der Waals surface area contributed by atoms with Crippen molar-refractivity contribution in [3.63, 3.8) is 0 Å². The number of morpholine rings is 5. The zero-order valence-electron chi connectivity index (χ0n) is 82.0. The Balaban J connectivity index is 0.000000141. The molecular formula is C100H111BrClF8N27O13. The number of nitrogens with one attached hydrogen (secondary N) is 6. The first-order valence-corrected chi connectivity index (χ1v) is 49.4. The van der Waals surface area contributed by atoms with Gasteiger partial charge in [0.2, 0.25) is 29.7 Å². The molecule has 5 saturated heterocycles. The second-order valence-electron chi connectivity index (χ2n) is 35.1. The molecule has 6 aromatic carbocycles. The molecule has 5 aliphatic heterocycles. The molecule has 11 aromatic rings. The quantitative estimate of drug-likeness (QED) is 0.0118. The topological polar surface area (TPSA) is 465 Å². The minimum absolute atomic E-state index is 0.00562. The highest BCUT2D eigenvalue weighted by molar-refractivity contribution is 9.10. The van der Waals surface area contributed by atoms with E-state index >= 15 is 0 Å². The number of anilines is 12. The molecule has 1 amide bonds. The second kappa shape index (κ2) is 52.2. The van der Waals surface area contributed by atoms with Gasteiger partial charge in [-0.15, -0.1) is 0 Å². The van der Waals surface area contributed by atoms with Crippen LogP contribution in [-0.2, 0) is 35.3 Å². The third-order valence-electron chi connectivity index (χ3n) is 25.3. The number of hydrogen-bond donors (Lipinski definition) is 11. The number of carbonyl (C=O) groups excluding carboxylic acids is 1. The van der Waals surface area contributed by atoms with Gasteiger partial charge in [0.25, 0.3) is 5.91 Å². The van der Waals surface area contributed by atoms with Gasteiger partial charge in [-0.25, -0.2) is 74.0 Å². The standard InChI is InChI=1S/C25H30FN5O2.C23H18BrClF4N6O3.C19H25FN6O2.C17H20FN5O3.C16H18FN5O3/c26-21-15-27-24(29-23(21)31-3-5-33-6-4-31)30-28-14-19-10-20(1-2-22(19)32)25-11-16-7-17(12-25)9-18(8-16)13-25;24-15-8-12(10-31-34-22-30-11-16(26)20(33-22)35-4-6-38-7-5-35)19(36)18(25)17(15)21(37)32-14-3-1-2-13(9-14)23(27,28)29;1-3-25(4-2)15-6-5-14(17(27)11-15)12-22-24-19-21-13-16(20)18(23-19)26-7-9-28-10-8-26;1-2-26-14-5-3-4-12(15(14)24)10-20-22-17-19-11-13(18)16(21-17)23-6-8-25-9-7-23;1-24-13-4-2-3-11(14(13)23)9-19-21-16-18-10-12(17)15(20-16)22-5-7-25-8-6-22/h1-2,10,14-18,32H,3-9,11-13H2,(H,27,29,30);1-3,8-11,36H,4-7H2,(H,32,37)(H,30,33,34);5-6,11-13,27H,3-4,7-10H2,1-2H3,(H,21,23,24);3-5,10-11,24H,2,6-9H2,1H3,(H,19,21,22);2-4,9-10,23H,5-8H2,1H3,(H,18,20,21)/b28-14-;31-10+;22-12-;20-10+;19-9-. The SMILES string of the molecule is CCN(CC)c1ccc(/C=N\Nc2ncc(F)c(N3CCOCC3)n2)c(O)c1.CCOc1cccc(/C=N/Nc2ncc(F)c(N3CCOCC3)n2)c1O.COc1cccc(/C=N\Nc2ncc(F)c(N3CCOCC3)n2)c1O.O=C(Nc1cccc(C(F)(F)F)c1)c1c(Br)cc(/C=N/Nc2ncc(F)c(N3CCOCC3)n2)c(O)c1Cl.Oc1ccc(C23CC4CC(CC(C4)C2)C3)cc1/C=N\Nc1ncc(F)c(N2CCOCC2)n1. The van der Waals surface area contributed by atoms with Crippen molar-refractivity contribution in [2.24, 2.45) is 43.3 Å². The van der Waals surface area contributed by atoms with Gasteiger partial charge in [-0.05, 0) is 177 Å². The largest absolute Gasteiger partial charge is 0.507 e. The molecule has 150 heavy (non-hydrogen) atoms. The van der Waals surface area contributed by atoms with Crippen molar-refractivity contribution in [3.05, 3.63) is 217 Å². The second-order valence-corrected chi connectivity index (χ2v) is 36.3. The van der Waals surface area contributed by atoms with Crippen molar-refractivity contribution in [3.8, 4) is 40.2 Å². The summed E-state index contributed by atoms with van der Waals surface area (Å²) in [4.78, 5) is 64.3. The number of hydrogen-bond acceptors (Lipinski definition) is 39. The maximum Gasteiger partial charge on any atom is 0.416 e. The number of rotatable bonds is 29. The lowest BCUT2D eigenvalue weighted by Gasteiger charge is -2.57. The summed E-state index contributed by atoms with van der Waals surface area (Å²) in [5, 5.41) is 73.5. The monoisotopic (exact) mass is 2160 g/mol. The molecule has 794 valence electrons. The Morgan fingerprint density at radius 1 is 0.460 bits per heavy atom. The summed E-state index contributed by atoms with van der Waals surface area (Å²) in [6, 6.07) is 27.0. The molecule has 5 aromatic heterocycles. The van der Waals surface area contributed by atoms with Crippen LogP contribution in [-0.4, -0.2) is 271 Å². The van der Waals surface area contributed by atoms with Crippen LogP contribution in [0.4, 0.5) is 105 Å². The van der Waals surface area contributed by atoms with Crippen LogP contribution in [0, 0.1) is 46.8 Å². The number of para-hydroxylation sites is 2. The minimum Gasteiger partial charge on any atom is -0.507 e. The van der Waals surface area contributed by atoms with Crippen LogP contribution < -0.4 is 71.3 Å². The van der Waals surface area contributed by atoms with E-state index in [0.717, 1.165) is 85.7 Å². The lowest BCUT2D eigenvalue weighted by atomic mass is 9.48. The fourth-order valence-electron chi connectivity index (χ4n) is 18.3. The van der Waals surface area contributed by atoms with Gasteiger partial charge in [0, 0.05) is 128 Å². The van der Waals surface area contributed by atoms with Gasteiger partial charge in [-0.1, -0.05) is 35.9 Å². The highest BCUT2D eigenvalue weighted by atomic mass is 79.9. The van der Waals surface area contributed by atoms with E-state index in [1.165, 1.54) is 88.2 Å². The molecular weight excluding hydrogens is 2050 g/mol. The maximum atomic E-state index is 14.2. The number of halogens is 10. The van der Waals surface area contributed by atoms with Crippen molar-refractivity contribution < 1.29 is 98.6 Å². The van der Waals surface area contributed by atoms with Crippen LogP contribution in [0.1, 0.15) is 109 Å². The molecule has 0 radical (unpaired) electrons. The van der Waals surface area contributed by atoms with Gasteiger partial charge in [-0.3, -0.25) is 4.79 Å². The van der Waals surface area contributed by atoms with Crippen LogP contribution in [0.15, 0.2) is 164 Å². The summed E-state index contributed by atoms with van der Waals surface area (Å²) >= 11 is 9.39. The number of phenolic OH excluding ortho intramolecular Hbond substituents is 5. The van der Waals surface area contributed by atoms with E-state index in [0.29, 0.717) is 172 Å². The summed E-state index contributed by atoms with van der Waals surface area (Å²) in [6.45, 7) is 18.8. The number of carbonyl (C=O) groups is 1. The number of amides is 1. The summed E-state index contributed by atoms with van der Waals surface area (Å²) in [5.74, 6) is 1.37. The number of phenols is 5. The fraction of sp³-hybridized carbons (Fsp3) is 0.380. The number of aromatic nitrogens is 10. The maximum absolute atomic E-state index is 14.2. The van der Waals surface area contributed by atoms with Gasteiger partial charge in [0.05, 0.1) is 158 Å². The zero-order chi connectivity index (χ0) is 106. The van der Waals surface area contributed by atoms with Crippen LogP contribution in [0.25, 0.3) is 0 Å². The Morgan fingerprint density at radius 2 is 0.827 bits per heavy atom. The Hall–Kier alpha value is -15.1. The predicted octanol–water partition coefficient (Wildman–Crippen LogP) is 15.4. The number of alkyl halides is 3. The first-order valence-electron chi connectivity index (χ1n) is 48.3.